The molecule has 0 bridgehead atoms. The number of carbonyl (C=O) groups is 1. The summed E-state index contributed by atoms with van der Waals surface area (Å²) in [7, 11) is 0. The van der Waals surface area contributed by atoms with Crippen molar-refractivity contribution in [2.45, 2.75) is 33.2 Å². The number of hydrogen-bond donors (Lipinski definition) is 1. The molecule has 1 N–H and O–H groups in total. The van der Waals surface area contributed by atoms with Crippen molar-refractivity contribution in [3.8, 4) is 11.1 Å². The van der Waals surface area contributed by atoms with Gasteiger partial charge >= 0.3 is 0 Å². The molecule has 0 aliphatic heterocycles. The van der Waals surface area contributed by atoms with Crippen molar-refractivity contribution in [1.29, 1.82) is 0 Å². The van der Waals surface area contributed by atoms with E-state index in [1.165, 1.54) is 0 Å². The Hall–Kier alpha value is -2.79. The Morgan fingerprint density at radius 1 is 1.07 bits per heavy atom. The lowest BCUT2D eigenvalue weighted by Gasteiger charge is -2.11. The molecule has 2 heterocycles. The van der Waals surface area contributed by atoms with Gasteiger partial charge in [0.1, 0.15) is 5.82 Å². The number of pyridine rings is 1. The Kier molecular flexibility index (Phi) is 5.81. The van der Waals surface area contributed by atoms with Crippen LogP contribution in [0.5, 0.6) is 0 Å². The van der Waals surface area contributed by atoms with Crippen LogP contribution in [-0.4, -0.2) is 20.9 Å². The second-order valence-corrected chi connectivity index (χ2v) is 6.71. The topological polar surface area (TPSA) is 67.8 Å². The first-order valence-corrected chi connectivity index (χ1v) is 9.21. The largest absolute Gasteiger partial charge is 0.345 e. The average Bonchev–Trinajstić information content (AvgIpc) is 2.65. The van der Waals surface area contributed by atoms with Crippen LogP contribution in [-0.2, 0) is 12.4 Å². The minimum Gasteiger partial charge on any atom is -0.345 e. The van der Waals surface area contributed by atoms with E-state index in [1.54, 1.807) is 12.3 Å². The Morgan fingerprint density at radius 2 is 1.81 bits per heavy atom. The van der Waals surface area contributed by atoms with Crippen molar-refractivity contribution < 1.29 is 4.79 Å². The smallest absolute Gasteiger partial charge is 0.251 e. The van der Waals surface area contributed by atoms with E-state index in [9.17, 15) is 4.79 Å². The quantitative estimate of drug-likeness (QED) is 0.675. The second-order valence-electron chi connectivity index (χ2n) is 6.44. The summed E-state index contributed by atoms with van der Waals surface area (Å²) in [5.41, 5.74) is 6.00. The van der Waals surface area contributed by atoms with Crippen LogP contribution in [0.1, 0.15) is 38.8 Å². The fourth-order valence-corrected chi connectivity index (χ4v) is 3.14. The molecule has 3 aromatic rings. The summed E-state index contributed by atoms with van der Waals surface area (Å²) < 4.78 is 0. The van der Waals surface area contributed by atoms with Gasteiger partial charge in [-0.3, -0.25) is 9.78 Å². The zero-order valence-corrected chi connectivity index (χ0v) is 16.3. The van der Waals surface area contributed by atoms with Gasteiger partial charge in [0.15, 0.2) is 0 Å². The highest BCUT2D eigenvalue weighted by Crippen LogP contribution is 2.25. The molecule has 0 aliphatic carbocycles. The third-order valence-corrected chi connectivity index (χ3v) is 4.47. The molecule has 1 amide bonds. The third-order valence-electron chi connectivity index (χ3n) is 4.16. The molecule has 0 unspecified atom stereocenters. The minimum absolute atomic E-state index is 0.187. The van der Waals surface area contributed by atoms with Crippen molar-refractivity contribution in [2.75, 3.05) is 0 Å². The molecule has 6 heteroatoms. The molecular formula is C21H21ClN4O. The molecule has 0 radical (unpaired) electrons. The van der Waals surface area contributed by atoms with Crippen molar-refractivity contribution in [1.82, 2.24) is 20.3 Å². The van der Waals surface area contributed by atoms with Crippen LogP contribution >= 0.6 is 11.6 Å². The van der Waals surface area contributed by atoms with Crippen molar-refractivity contribution in [3.63, 3.8) is 0 Å². The Morgan fingerprint density at radius 3 is 2.48 bits per heavy atom. The molecule has 5 nitrogen and oxygen atoms in total. The summed E-state index contributed by atoms with van der Waals surface area (Å²) in [4.78, 5) is 25.7. The van der Waals surface area contributed by atoms with Crippen LogP contribution < -0.4 is 5.32 Å². The number of amides is 1. The van der Waals surface area contributed by atoms with Crippen LogP contribution in [0.2, 0.25) is 0 Å². The van der Waals surface area contributed by atoms with E-state index < -0.39 is 0 Å². The Labute approximate surface area is 163 Å². The number of rotatable bonds is 5. The number of nitrogens with zero attached hydrogens (tertiary/aromatic N) is 3. The average molecular weight is 381 g/mol. The highest BCUT2D eigenvalue weighted by Gasteiger charge is 2.12. The van der Waals surface area contributed by atoms with Crippen molar-refractivity contribution in [3.05, 3.63) is 76.6 Å². The maximum absolute atomic E-state index is 12.7. The first-order chi connectivity index (χ1) is 13.0. The first kappa shape index (κ1) is 19.0. The molecular weight excluding hydrogens is 360 g/mol. The summed E-state index contributed by atoms with van der Waals surface area (Å²) in [5.74, 6) is 0.735. The van der Waals surface area contributed by atoms with Gasteiger partial charge in [-0.05, 0) is 62.2 Å². The number of hydrogen-bond acceptors (Lipinski definition) is 4. The lowest BCUT2D eigenvalue weighted by atomic mass is 9.99. The predicted octanol–water partition coefficient (Wildman–Crippen LogP) is 4.13. The van der Waals surface area contributed by atoms with Gasteiger partial charge in [0.2, 0.25) is 0 Å². The van der Waals surface area contributed by atoms with Gasteiger partial charge in [-0.15, -0.1) is 11.6 Å². The number of carbonyl (C=O) groups excluding carboxylic acids is 1. The van der Waals surface area contributed by atoms with E-state index in [0.717, 1.165) is 33.8 Å². The maximum Gasteiger partial charge on any atom is 0.251 e. The number of nitrogens with one attached hydrogen (secondary N) is 1. The number of alkyl halides is 1. The molecule has 0 fully saturated rings. The van der Waals surface area contributed by atoms with Gasteiger partial charge in [0, 0.05) is 40.3 Å². The normalized spacial score (nSPS) is 10.7. The van der Waals surface area contributed by atoms with Crippen molar-refractivity contribution >= 4 is 17.5 Å². The summed E-state index contributed by atoms with van der Waals surface area (Å²) >= 11 is 6.04. The molecule has 0 aliphatic rings. The number of benzene rings is 1. The van der Waals surface area contributed by atoms with Crippen LogP contribution in [0.25, 0.3) is 11.1 Å². The molecule has 138 valence electrons. The van der Waals surface area contributed by atoms with Gasteiger partial charge in [-0.2, -0.15) is 0 Å². The molecule has 1 aromatic carbocycles. The zero-order chi connectivity index (χ0) is 19.4. The van der Waals surface area contributed by atoms with Gasteiger partial charge in [-0.25, -0.2) is 9.97 Å². The lowest BCUT2D eigenvalue weighted by Crippen LogP contribution is -2.24. The summed E-state index contributed by atoms with van der Waals surface area (Å²) in [6.07, 6.45) is 1.75. The van der Waals surface area contributed by atoms with E-state index in [0.29, 0.717) is 17.3 Å². The van der Waals surface area contributed by atoms with E-state index in [1.807, 2.05) is 51.1 Å². The second kappa shape index (κ2) is 8.27. The third kappa shape index (κ3) is 4.68. The SMILES string of the molecule is Cc1cc(C)nc(CNC(=O)c2cc(CCl)cc(-c3cccnc3C)c2)n1. The standard InChI is InChI=1S/C21H21ClN4O/c1-13-7-14(2)26-20(25-13)12-24-21(27)18-9-16(11-22)8-17(10-18)19-5-4-6-23-15(19)3/h4-10H,11-12H2,1-3H3,(H,24,27). The molecule has 0 saturated heterocycles. The van der Waals surface area contributed by atoms with Crippen LogP contribution in [0.15, 0.2) is 42.6 Å². The van der Waals surface area contributed by atoms with E-state index in [-0.39, 0.29) is 12.5 Å². The van der Waals surface area contributed by atoms with Crippen molar-refractivity contribution in [2.24, 2.45) is 0 Å². The number of aromatic nitrogens is 3. The Bertz CT molecular complexity index is 967. The highest BCUT2D eigenvalue weighted by atomic mass is 35.5. The monoisotopic (exact) mass is 380 g/mol. The summed E-state index contributed by atoms with van der Waals surface area (Å²) in [6.45, 7) is 6.03. The lowest BCUT2D eigenvalue weighted by molar-refractivity contribution is 0.0949. The molecule has 27 heavy (non-hydrogen) atoms. The molecule has 3 rings (SSSR count). The van der Waals surface area contributed by atoms with Gasteiger partial charge < -0.3 is 5.32 Å². The zero-order valence-electron chi connectivity index (χ0n) is 15.6. The predicted molar refractivity (Wildman–Crippen MR) is 107 cm³/mol. The van der Waals surface area contributed by atoms with E-state index in [2.05, 4.69) is 20.3 Å². The molecule has 0 atom stereocenters. The minimum atomic E-state index is -0.187. The van der Waals surface area contributed by atoms with E-state index >= 15 is 0 Å². The van der Waals surface area contributed by atoms with Crippen LogP contribution in [0.4, 0.5) is 0 Å². The maximum atomic E-state index is 12.7. The number of halogens is 1. The van der Waals surface area contributed by atoms with Gasteiger partial charge in [0.05, 0.1) is 6.54 Å². The number of aryl methyl sites for hydroxylation is 3. The fourth-order valence-electron chi connectivity index (χ4n) is 2.98. The molecule has 0 saturated carbocycles. The van der Waals surface area contributed by atoms with Crippen LogP contribution in [0, 0.1) is 20.8 Å². The van der Waals surface area contributed by atoms with Crippen LogP contribution in [0.3, 0.4) is 0 Å². The van der Waals surface area contributed by atoms with E-state index in [4.69, 9.17) is 11.6 Å². The summed E-state index contributed by atoms with van der Waals surface area (Å²) in [6, 6.07) is 11.4. The molecule has 0 spiro atoms. The van der Waals surface area contributed by atoms with Gasteiger partial charge in [0.25, 0.3) is 5.91 Å². The highest BCUT2D eigenvalue weighted by molar-refractivity contribution is 6.17. The first-order valence-electron chi connectivity index (χ1n) is 8.67. The molecule has 2 aromatic heterocycles. The summed E-state index contributed by atoms with van der Waals surface area (Å²) in [5, 5.41) is 2.89. The van der Waals surface area contributed by atoms with Gasteiger partial charge in [-0.1, -0.05) is 6.07 Å². The fraction of sp³-hybridized carbons (Fsp3) is 0.238. The Balaban J connectivity index is 1.86.